The van der Waals surface area contributed by atoms with Crippen molar-refractivity contribution in [1.29, 1.82) is 0 Å². The van der Waals surface area contributed by atoms with Gasteiger partial charge in [-0.1, -0.05) is 22.9 Å². The molecular formula is C14H17BrN2O3. The van der Waals surface area contributed by atoms with E-state index in [1.54, 1.807) is 17.0 Å². The molecule has 2 rings (SSSR count). The van der Waals surface area contributed by atoms with E-state index in [-0.39, 0.29) is 11.6 Å². The van der Waals surface area contributed by atoms with Crippen LogP contribution in [0.3, 0.4) is 0 Å². The van der Waals surface area contributed by atoms with Crippen molar-refractivity contribution >= 4 is 33.6 Å². The monoisotopic (exact) mass is 340 g/mol. The van der Waals surface area contributed by atoms with E-state index in [1.165, 1.54) is 6.07 Å². The summed E-state index contributed by atoms with van der Waals surface area (Å²) in [6.45, 7) is 2.71. The van der Waals surface area contributed by atoms with Crippen molar-refractivity contribution in [3.8, 4) is 0 Å². The number of aromatic carboxylic acids is 1. The molecule has 0 heterocycles. The largest absolute Gasteiger partial charge is 0.478 e. The summed E-state index contributed by atoms with van der Waals surface area (Å²) in [5, 5.41) is 11.9. The Kier molecular flexibility index (Phi) is 4.65. The molecule has 0 aromatic heterocycles. The number of benzene rings is 1. The first-order chi connectivity index (χ1) is 9.52. The minimum atomic E-state index is -1.06. The van der Waals surface area contributed by atoms with Gasteiger partial charge in [0.2, 0.25) is 0 Å². The van der Waals surface area contributed by atoms with E-state index in [1.807, 2.05) is 6.92 Å². The molecule has 1 fully saturated rings. The number of carboxylic acids is 1. The number of amides is 2. The quantitative estimate of drug-likeness (QED) is 0.860. The van der Waals surface area contributed by atoms with Crippen molar-refractivity contribution in [3.63, 3.8) is 0 Å². The summed E-state index contributed by atoms with van der Waals surface area (Å²) in [4.78, 5) is 25.3. The number of hydrogen-bond acceptors (Lipinski definition) is 2. The molecule has 6 heteroatoms. The van der Waals surface area contributed by atoms with Crippen LogP contribution in [-0.2, 0) is 0 Å². The first-order valence-electron chi connectivity index (χ1n) is 6.63. The summed E-state index contributed by atoms with van der Waals surface area (Å²) in [7, 11) is 0. The van der Waals surface area contributed by atoms with Crippen molar-refractivity contribution in [3.05, 3.63) is 28.2 Å². The topological polar surface area (TPSA) is 69.6 Å². The van der Waals surface area contributed by atoms with E-state index >= 15 is 0 Å². The van der Waals surface area contributed by atoms with Gasteiger partial charge in [0.05, 0.1) is 11.3 Å². The fourth-order valence-electron chi connectivity index (χ4n) is 2.07. The molecule has 1 aromatic carbocycles. The predicted molar refractivity (Wildman–Crippen MR) is 80.1 cm³/mol. The zero-order chi connectivity index (χ0) is 14.7. The van der Waals surface area contributed by atoms with Crippen LogP contribution in [0.2, 0.25) is 0 Å². The first kappa shape index (κ1) is 14.8. The van der Waals surface area contributed by atoms with Gasteiger partial charge < -0.3 is 15.3 Å². The van der Waals surface area contributed by atoms with Crippen molar-refractivity contribution < 1.29 is 14.7 Å². The average Bonchev–Trinajstić information content (AvgIpc) is 3.22. The van der Waals surface area contributed by atoms with E-state index in [2.05, 4.69) is 21.2 Å². The SMILES string of the molecule is CCCN(C(=O)Nc1ccc(Br)cc1C(=O)O)C1CC1. The van der Waals surface area contributed by atoms with Crippen molar-refractivity contribution in [1.82, 2.24) is 4.90 Å². The highest BCUT2D eigenvalue weighted by Crippen LogP contribution is 2.28. The smallest absolute Gasteiger partial charge is 0.337 e. The highest BCUT2D eigenvalue weighted by molar-refractivity contribution is 9.10. The molecule has 1 aliphatic carbocycles. The molecule has 1 aliphatic rings. The normalized spacial score (nSPS) is 13.9. The first-order valence-corrected chi connectivity index (χ1v) is 7.42. The van der Waals surface area contributed by atoms with Crippen LogP contribution in [-0.4, -0.2) is 34.6 Å². The third-order valence-electron chi connectivity index (χ3n) is 3.17. The molecule has 1 saturated carbocycles. The lowest BCUT2D eigenvalue weighted by Gasteiger charge is -2.22. The lowest BCUT2D eigenvalue weighted by atomic mass is 10.2. The number of carbonyl (C=O) groups excluding carboxylic acids is 1. The average molecular weight is 341 g/mol. The third kappa shape index (κ3) is 3.50. The van der Waals surface area contributed by atoms with Gasteiger partial charge in [0, 0.05) is 17.1 Å². The standard InChI is InChI=1S/C14H17BrN2O3/c1-2-7-17(10-4-5-10)14(20)16-12-6-3-9(15)8-11(12)13(18)19/h3,6,8,10H,2,4-5,7H2,1H3,(H,16,20)(H,18,19). The molecule has 20 heavy (non-hydrogen) atoms. The zero-order valence-electron chi connectivity index (χ0n) is 11.2. The number of nitrogens with zero attached hydrogens (tertiary/aromatic N) is 1. The lowest BCUT2D eigenvalue weighted by Crippen LogP contribution is -2.37. The number of hydrogen-bond donors (Lipinski definition) is 2. The molecule has 0 atom stereocenters. The second-order valence-electron chi connectivity index (χ2n) is 4.85. The Morgan fingerprint density at radius 3 is 2.70 bits per heavy atom. The van der Waals surface area contributed by atoms with Crippen LogP contribution in [0.5, 0.6) is 0 Å². The second-order valence-corrected chi connectivity index (χ2v) is 5.77. The van der Waals surface area contributed by atoms with Crippen LogP contribution in [0.25, 0.3) is 0 Å². The maximum atomic E-state index is 12.3. The summed E-state index contributed by atoms with van der Waals surface area (Å²) >= 11 is 3.23. The number of nitrogens with one attached hydrogen (secondary N) is 1. The lowest BCUT2D eigenvalue weighted by molar-refractivity contribution is 0.0698. The molecule has 0 bridgehead atoms. The van der Waals surface area contributed by atoms with E-state index in [4.69, 9.17) is 0 Å². The van der Waals surface area contributed by atoms with Crippen molar-refractivity contribution in [2.75, 3.05) is 11.9 Å². The fourth-order valence-corrected chi connectivity index (χ4v) is 2.43. The molecule has 0 spiro atoms. The van der Waals surface area contributed by atoms with Crippen LogP contribution in [0.4, 0.5) is 10.5 Å². The number of carbonyl (C=O) groups is 2. The minimum Gasteiger partial charge on any atom is -0.478 e. The Balaban J connectivity index is 2.16. The summed E-state index contributed by atoms with van der Waals surface area (Å²) < 4.78 is 0.667. The minimum absolute atomic E-state index is 0.0833. The summed E-state index contributed by atoms with van der Waals surface area (Å²) in [6, 6.07) is 4.88. The van der Waals surface area contributed by atoms with E-state index in [9.17, 15) is 14.7 Å². The second kappa shape index (κ2) is 6.26. The Hall–Kier alpha value is -1.56. The summed E-state index contributed by atoms with van der Waals surface area (Å²) in [5.41, 5.74) is 0.410. The van der Waals surface area contributed by atoms with Gasteiger partial charge >= 0.3 is 12.0 Å². The molecular weight excluding hydrogens is 324 g/mol. The van der Waals surface area contributed by atoms with Crippen LogP contribution in [0.15, 0.2) is 22.7 Å². The molecule has 2 amide bonds. The van der Waals surface area contributed by atoms with Gasteiger partial charge in [0.15, 0.2) is 0 Å². The van der Waals surface area contributed by atoms with Crippen molar-refractivity contribution in [2.24, 2.45) is 0 Å². The van der Waals surface area contributed by atoms with Crippen molar-refractivity contribution in [2.45, 2.75) is 32.2 Å². The predicted octanol–water partition coefficient (Wildman–Crippen LogP) is 3.55. The molecule has 108 valence electrons. The van der Waals surface area contributed by atoms with Crippen LogP contribution in [0.1, 0.15) is 36.5 Å². The summed E-state index contributed by atoms with van der Waals surface area (Å²) in [5.74, 6) is -1.06. The maximum absolute atomic E-state index is 12.3. The van der Waals surface area contributed by atoms with Gasteiger partial charge in [-0.25, -0.2) is 9.59 Å². The Morgan fingerprint density at radius 2 is 2.15 bits per heavy atom. The van der Waals surface area contributed by atoms with Gasteiger partial charge in [0.25, 0.3) is 0 Å². The van der Waals surface area contributed by atoms with Gasteiger partial charge in [-0.15, -0.1) is 0 Å². The number of rotatable bonds is 5. The number of carboxylic acid groups (broad SMARTS) is 1. The van der Waals surface area contributed by atoms with Gasteiger partial charge in [-0.05, 0) is 37.5 Å². The Morgan fingerprint density at radius 1 is 1.45 bits per heavy atom. The molecule has 0 saturated heterocycles. The van der Waals surface area contributed by atoms with Crippen LogP contribution < -0.4 is 5.32 Å². The molecule has 0 aliphatic heterocycles. The molecule has 5 nitrogen and oxygen atoms in total. The van der Waals surface area contributed by atoms with Gasteiger partial charge in [0.1, 0.15) is 0 Å². The molecule has 2 N–H and O–H groups in total. The van der Waals surface area contributed by atoms with Gasteiger partial charge in [-0.3, -0.25) is 0 Å². The third-order valence-corrected chi connectivity index (χ3v) is 3.66. The van der Waals surface area contributed by atoms with Crippen LogP contribution >= 0.6 is 15.9 Å². The fraction of sp³-hybridized carbons (Fsp3) is 0.429. The number of anilines is 1. The number of halogens is 1. The Labute approximate surface area is 126 Å². The van der Waals surface area contributed by atoms with Gasteiger partial charge in [-0.2, -0.15) is 0 Å². The van der Waals surface area contributed by atoms with Crippen LogP contribution in [0, 0.1) is 0 Å². The maximum Gasteiger partial charge on any atom is 0.337 e. The van der Waals surface area contributed by atoms with E-state index in [0.717, 1.165) is 19.3 Å². The zero-order valence-corrected chi connectivity index (χ0v) is 12.8. The molecule has 0 radical (unpaired) electrons. The Bertz CT molecular complexity index is 529. The molecule has 0 unspecified atom stereocenters. The highest BCUT2D eigenvalue weighted by atomic mass is 79.9. The summed E-state index contributed by atoms with van der Waals surface area (Å²) in [6.07, 6.45) is 2.94. The number of urea groups is 1. The molecule has 1 aromatic rings. The highest BCUT2D eigenvalue weighted by Gasteiger charge is 2.32. The van der Waals surface area contributed by atoms with E-state index in [0.29, 0.717) is 22.7 Å². The van der Waals surface area contributed by atoms with E-state index < -0.39 is 5.97 Å².